The van der Waals surface area contributed by atoms with Crippen LogP contribution >= 0.6 is 0 Å². The summed E-state index contributed by atoms with van der Waals surface area (Å²) >= 11 is 0. The van der Waals surface area contributed by atoms with Gasteiger partial charge in [0, 0.05) is 6.54 Å². The maximum absolute atomic E-state index is 2.49. The van der Waals surface area contributed by atoms with Gasteiger partial charge in [0.1, 0.15) is 0 Å². The third kappa shape index (κ3) is 12.8. The van der Waals surface area contributed by atoms with Crippen molar-refractivity contribution >= 4 is 0 Å². The summed E-state index contributed by atoms with van der Waals surface area (Å²) in [6.07, 6.45) is 26.1. The maximum Gasteiger partial charge on any atom is 0.000708 e. The van der Waals surface area contributed by atoms with E-state index in [1.807, 2.05) is 0 Å². The Balaban J connectivity index is 1.72. The van der Waals surface area contributed by atoms with Crippen LogP contribution in [0.15, 0.2) is 12.2 Å². The molecule has 0 radical (unpaired) electrons. The summed E-state index contributed by atoms with van der Waals surface area (Å²) in [4.78, 5) is 2.49. The fourth-order valence-electron chi connectivity index (χ4n) is 3.77. The molecule has 1 saturated heterocycles. The molecule has 0 spiro atoms. The van der Waals surface area contributed by atoms with Crippen LogP contribution in [0.2, 0.25) is 0 Å². The molecule has 23 heavy (non-hydrogen) atoms. The van der Waals surface area contributed by atoms with Gasteiger partial charge in [-0.25, -0.2) is 0 Å². The van der Waals surface area contributed by atoms with E-state index in [-0.39, 0.29) is 0 Å². The fourth-order valence-corrected chi connectivity index (χ4v) is 3.77. The Morgan fingerprint density at radius 3 is 1.91 bits per heavy atom. The van der Waals surface area contributed by atoms with E-state index in [1.54, 1.807) is 0 Å². The van der Waals surface area contributed by atoms with Crippen molar-refractivity contribution in [1.82, 2.24) is 4.90 Å². The van der Waals surface area contributed by atoms with Gasteiger partial charge >= 0.3 is 0 Å². The van der Waals surface area contributed by atoms with E-state index in [4.69, 9.17) is 0 Å². The number of allylic oxidation sites excluding steroid dienone is 2. The molecule has 1 rings (SSSR count). The molecule has 1 aliphatic heterocycles. The average molecular weight is 322 g/mol. The van der Waals surface area contributed by atoms with Crippen molar-refractivity contribution in [1.29, 1.82) is 0 Å². The van der Waals surface area contributed by atoms with E-state index >= 15 is 0 Å². The van der Waals surface area contributed by atoms with Crippen molar-refractivity contribution in [2.24, 2.45) is 5.92 Å². The molecule has 1 heterocycles. The fraction of sp³-hybridized carbons (Fsp3) is 0.909. The van der Waals surface area contributed by atoms with Crippen molar-refractivity contribution < 1.29 is 0 Å². The molecule has 0 saturated carbocycles. The van der Waals surface area contributed by atoms with Crippen molar-refractivity contribution in [3.63, 3.8) is 0 Å². The number of nitrogens with zero attached hydrogens (tertiary/aromatic N) is 1. The van der Waals surface area contributed by atoms with Crippen LogP contribution in [0.25, 0.3) is 0 Å². The van der Waals surface area contributed by atoms with Crippen LogP contribution in [-0.2, 0) is 0 Å². The van der Waals surface area contributed by atoms with Crippen LogP contribution in [-0.4, -0.2) is 25.0 Å². The average Bonchev–Trinajstić information content (AvgIpc) is 2.96. The van der Waals surface area contributed by atoms with Gasteiger partial charge in [-0.2, -0.15) is 0 Å². The highest BCUT2D eigenvalue weighted by Gasteiger charge is 2.18. The first kappa shape index (κ1) is 20.7. The molecule has 136 valence electrons. The smallest absolute Gasteiger partial charge is 0.000708 e. The Hall–Kier alpha value is -0.300. The normalized spacial score (nSPS) is 19.1. The number of unbranched alkanes of at least 4 members (excludes halogenated alkanes) is 11. The van der Waals surface area contributed by atoms with Gasteiger partial charge in [0.15, 0.2) is 0 Å². The summed E-state index contributed by atoms with van der Waals surface area (Å²) in [6, 6.07) is 0. The minimum absolute atomic E-state index is 1.01. The molecule has 1 atom stereocenters. The summed E-state index contributed by atoms with van der Waals surface area (Å²) in [7, 11) is 2.27. The van der Waals surface area contributed by atoms with Gasteiger partial charge in [-0.15, -0.1) is 0 Å². The molecule has 0 amide bonds. The molecule has 0 bridgehead atoms. The SMILES string of the molecule is CCCCCC/C=C\CCCCCCCCCC1CCN(C)C1. The van der Waals surface area contributed by atoms with E-state index < -0.39 is 0 Å². The van der Waals surface area contributed by atoms with Gasteiger partial charge in [0.2, 0.25) is 0 Å². The van der Waals surface area contributed by atoms with Crippen LogP contribution in [0.1, 0.15) is 103 Å². The van der Waals surface area contributed by atoms with E-state index in [0.29, 0.717) is 0 Å². The number of hydrogen-bond donors (Lipinski definition) is 0. The second-order valence-corrected chi connectivity index (χ2v) is 7.79. The highest BCUT2D eigenvalue weighted by atomic mass is 15.1. The molecule has 0 aromatic carbocycles. The maximum atomic E-state index is 2.49. The second kappa shape index (κ2) is 15.2. The van der Waals surface area contributed by atoms with Crippen molar-refractivity contribution in [2.45, 2.75) is 103 Å². The molecule has 1 fully saturated rings. The Labute approximate surface area is 146 Å². The zero-order valence-corrected chi connectivity index (χ0v) is 16.2. The monoisotopic (exact) mass is 321 g/mol. The standard InChI is InChI=1S/C22H43N/c1-3-4-5-6-7-8-9-10-11-12-13-14-15-16-17-18-22-19-20-23(2)21-22/h8-9,22H,3-7,10-21H2,1-2H3/b9-8-. The molecule has 0 aromatic heterocycles. The summed E-state index contributed by atoms with van der Waals surface area (Å²) in [5.74, 6) is 1.01. The summed E-state index contributed by atoms with van der Waals surface area (Å²) in [5.41, 5.74) is 0. The first-order chi connectivity index (χ1) is 11.3. The second-order valence-electron chi connectivity index (χ2n) is 7.79. The van der Waals surface area contributed by atoms with Crippen LogP contribution in [0.3, 0.4) is 0 Å². The van der Waals surface area contributed by atoms with E-state index in [9.17, 15) is 0 Å². The molecule has 0 aliphatic carbocycles. The largest absolute Gasteiger partial charge is 0.306 e. The molecule has 1 heteroatoms. The highest BCUT2D eigenvalue weighted by Crippen LogP contribution is 2.21. The molecule has 1 unspecified atom stereocenters. The predicted molar refractivity (Wildman–Crippen MR) is 105 cm³/mol. The van der Waals surface area contributed by atoms with Gasteiger partial charge in [0.25, 0.3) is 0 Å². The summed E-state index contributed by atoms with van der Waals surface area (Å²) in [6.45, 7) is 4.97. The van der Waals surface area contributed by atoms with Gasteiger partial charge in [-0.05, 0) is 58.0 Å². The Morgan fingerprint density at radius 2 is 1.35 bits per heavy atom. The zero-order chi connectivity index (χ0) is 16.6. The lowest BCUT2D eigenvalue weighted by Crippen LogP contribution is -2.13. The van der Waals surface area contributed by atoms with E-state index in [0.717, 1.165) is 5.92 Å². The zero-order valence-electron chi connectivity index (χ0n) is 16.2. The van der Waals surface area contributed by atoms with Gasteiger partial charge < -0.3 is 4.90 Å². The van der Waals surface area contributed by atoms with E-state index in [1.165, 1.54) is 109 Å². The molecule has 1 nitrogen and oxygen atoms in total. The van der Waals surface area contributed by atoms with Crippen LogP contribution in [0.4, 0.5) is 0 Å². The quantitative estimate of drug-likeness (QED) is 0.232. The first-order valence-electron chi connectivity index (χ1n) is 10.7. The number of hydrogen-bond acceptors (Lipinski definition) is 1. The van der Waals surface area contributed by atoms with Crippen molar-refractivity contribution in [3.8, 4) is 0 Å². The minimum Gasteiger partial charge on any atom is -0.306 e. The molecular weight excluding hydrogens is 278 g/mol. The van der Waals surface area contributed by atoms with Crippen LogP contribution < -0.4 is 0 Å². The number of rotatable bonds is 15. The molecule has 0 aromatic rings. The lowest BCUT2D eigenvalue weighted by Gasteiger charge is -2.09. The minimum atomic E-state index is 1.01. The van der Waals surface area contributed by atoms with Gasteiger partial charge in [0.05, 0.1) is 0 Å². The predicted octanol–water partition coefficient (Wildman–Crippen LogP) is 6.98. The molecular formula is C22H43N. The van der Waals surface area contributed by atoms with Crippen molar-refractivity contribution in [2.75, 3.05) is 20.1 Å². The Kier molecular flexibility index (Phi) is 13.7. The lowest BCUT2D eigenvalue weighted by atomic mass is 9.99. The Morgan fingerprint density at radius 1 is 0.783 bits per heavy atom. The molecule has 0 N–H and O–H groups in total. The van der Waals surface area contributed by atoms with Crippen molar-refractivity contribution in [3.05, 3.63) is 12.2 Å². The lowest BCUT2D eigenvalue weighted by molar-refractivity contribution is 0.382. The van der Waals surface area contributed by atoms with Gasteiger partial charge in [-0.1, -0.05) is 76.9 Å². The van der Waals surface area contributed by atoms with Crippen LogP contribution in [0.5, 0.6) is 0 Å². The Bertz CT molecular complexity index is 271. The summed E-state index contributed by atoms with van der Waals surface area (Å²) in [5, 5.41) is 0. The molecule has 1 aliphatic rings. The highest BCUT2D eigenvalue weighted by molar-refractivity contribution is 4.81. The van der Waals surface area contributed by atoms with E-state index in [2.05, 4.69) is 31.0 Å². The first-order valence-corrected chi connectivity index (χ1v) is 10.7. The number of likely N-dealkylation sites (tertiary alicyclic amines) is 1. The van der Waals surface area contributed by atoms with Gasteiger partial charge in [-0.3, -0.25) is 0 Å². The summed E-state index contributed by atoms with van der Waals surface area (Å²) < 4.78 is 0. The third-order valence-electron chi connectivity index (χ3n) is 5.36. The third-order valence-corrected chi connectivity index (χ3v) is 5.36. The van der Waals surface area contributed by atoms with Crippen LogP contribution in [0, 0.1) is 5.92 Å². The topological polar surface area (TPSA) is 3.24 Å².